The summed E-state index contributed by atoms with van der Waals surface area (Å²) >= 11 is 0. The standard InChI is InChI=1S/C11H23N3O2.ClH/c1-8(2)4-5-10(15)13-7-11(16)14-9(3)6-12;/h8-9H,4-7,12H2,1-3H3,(H,13,15)(H,14,16);1H/t9-;/m0./s1. The molecule has 102 valence electrons. The van der Waals surface area contributed by atoms with E-state index in [0.29, 0.717) is 18.9 Å². The third-order valence-electron chi connectivity index (χ3n) is 2.16. The lowest BCUT2D eigenvalue weighted by Gasteiger charge is -2.11. The zero-order valence-electron chi connectivity index (χ0n) is 10.8. The fraction of sp³-hybridized carbons (Fsp3) is 0.818. The van der Waals surface area contributed by atoms with Crippen molar-refractivity contribution in [1.82, 2.24) is 10.6 Å². The van der Waals surface area contributed by atoms with E-state index in [1.807, 2.05) is 6.92 Å². The highest BCUT2D eigenvalue weighted by Gasteiger charge is 2.08. The molecule has 0 bridgehead atoms. The molecule has 0 aliphatic carbocycles. The Labute approximate surface area is 109 Å². The Bertz CT molecular complexity index is 235. The van der Waals surface area contributed by atoms with Crippen LogP contribution in [0.1, 0.15) is 33.6 Å². The van der Waals surface area contributed by atoms with Gasteiger partial charge in [0.15, 0.2) is 0 Å². The lowest BCUT2D eigenvalue weighted by molar-refractivity contribution is -0.126. The number of rotatable bonds is 7. The average molecular weight is 266 g/mol. The van der Waals surface area contributed by atoms with E-state index in [4.69, 9.17) is 5.73 Å². The zero-order chi connectivity index (χ0) is 12.6. The number of amides is 2. The van der Waals surface area contributed by atoms with E-state index < -0.39 is 0 Å². The molecule has 1 atom stereocenters. The Kier molecular flexibility index (Phi) is 11.3. The van der Waals surface area contributed by atoms with Gasteiger partial charge in [-0.1, -0.05) is 13.8 Å². The molecule has 6 heteroatoms. The van der Waals surface area contributed by atoms with Gasteiger partial charge in [0, 0.05) is 19.0 Å². The second kappa shape index (κ2) is 10.4. The summed E-state index contributed by atoms with van der Waals surface area (Å²) in [5, 5.41) is 5.25. The fourth-order valence-corrected chi connectivity index (χ4v) is 1.07. The van der Waals surface area contributed by atoms with Gasteiger partial charge in [-0.2, -0.15) is 0 Å². The lowest BCUT2D eigenvalue weighted by atomic mass is 10.1. The second-order valence-electron chi connectivity index (χ2n) is 4.41. The van der Waals surface area contributed by atoms with E-state index in [9.17, 15) is 9.59 Å². The first-order valence-electron chi connectivity index (χ1n) is 5.71. The number of hydrogen-bond acceptors (Lipinski definition) is 3. The summed E-state index contributed by atoms with van der Waals surface area (Å²) in [5.41, 5.74) is 5.36. The number of carbonyl (C=O) groups is 2. The van der Waals surface area contributed by atoms with Gasteiger partial charge >= 0.3 is 0 Å². The Morgan fingerprint density at radius 2 is 1.76 bits per heavy atom. The highest BCUT2D eigenvalue weighted by molar-refractivity contribution is 5.85. The van der Waals surface area contributed by atoms with E-state index in [2.05, 4.69) is 24.5 Å². The third-order valence-corrected chi connectivity index (χ3v) is 2.16. The minimum absolute atomic E-state index is 0. The van der Waals surface area contributed by atoms with Crippen LogP contribution in [0.4, 0.5) is 0 Å². The highest BCUT2D eigenvalue weighted by atomic mass is 35.5. The second-order valence-corrected chi connectivity index (χ2v) is 4.41. The van der Waals surface area contributed by atoms with Gasteiger partial charge < -0.3 is 16.4 Å². The number of hydrogen-bond donors (Lipinski definition) is 3. The smallest absolute Gasteiger partial charge is 0.239 e. The molecule has 0 spiro atoms. The van der Waals surface area contributed by atoms with Crippen molar-refractivity contribution in [2.45, 2.75) is 39.7 Å². The van der Waals surface area contributed by atoms with Crippen LogP contribution in [-0.2, 0) is 9.59 Å². The Balaban J connectivity index is 0. The van der Waals surface area contributed by atoms with Crippen LogP contribution in [-0.4, -0.2) is 30.9 Å². The first kappa shape index (κ1) is 18.6. The van der Waals surface area contributed by atoms with Gasteiger partial charge in [0.2, 0.25) is 11.8 Å². The topological polar surface area (TPSA) is 84.2 Å². The average Bonchev–Trinajstić information content (AvgIpc) is 2.23. The molecule has 2 amide bonds. The van der Waals surface area contributed by atoms with Gasteiger partial charge in [-0.25, -0.2) is 0 Å². The van der Waals surface area contributed by atoms with Crippen molar-refractivity contribution in [3.05, 3.63) is 0 Å². The number of nitrogens with one attached hydrogen (secondary N) is 2. The molecule has 0 aliphatic rings. The number of halogens is 1. The highest BCUT2D eigenvalue weighted by Crippen LogP contribution is 2.02. The Morgan fingerprint density at radius 3 is 2.24 bits per heavy atom. The first-order chi connectivity index (χ1) is 7.45. The largest absolute Gasteiger partial charge is 0.351 e. The lowest BCUT2D eigenvalue weighted by Crippen LogP contribution is -2.43. The molecule has 0 heterocycles. The van der Waals surface area contributed by atoms with Gasteiger partial charge in [-0.05, 0) is 19.3 Å². The summed E-state index contributed by atoms with van der Waals surface area (Å²) in [4.78, 5) is 22.6. The summed E-state index contributed by atoms with van der Waals surface area (Å²) < 4.78 is 0. The third kappa shape index (κ3) is 11.5. The van der Waals surface area contributed by atoms with Crippen molar-refractivity contribution in [1.29, 1.82) is 0 Å². The fourth-order valence-electron chi connectivity index (χ4n) is 1.07. The molecule has 17 heavy (non-hydrogen) atoms. The van der Waals surface area contributed by atoms with Crippen LogP contribution in [0, 0.1) is 5.92 Å². The molecule has 4 N–H and O–H groups in total. The number of nitrogens with two attached hydrogens (primary N) is 1. The molecule has 0 saturated heterocycles. The molecule has 0 aromatic rings. The molecule has 0 aromatic heterocycles. The van der Waals surface area contributed by atoms with E-state index in [1.165, 1.54) is 0 Å². The zero-order valence-corrected chi connectivity index (χ0v) is 11.6. The summed E-state index contributed by atoms with van der Waals surface area (Å²) in [6.07, 6.45) is 1.31. The molecule has 0 aromatic carbocycles. The molecule has 0 aliphatic heterocycles. The van der Waals surface area contributed by atoms with Crippen LogP contribution in [0.2, 0.25) is 0 Å². The van der Waals surface area contributed by atoms with Crippen LogP contribution in [0.5, 0.6) is 0 Å². The van der Waals surface area contributed by atoms with Crippen LogP contribution >= 0.6 is 12.4 Å². The molecule has 0 unspecified atom stereocenters. The predicted molar refractivity (Wildman–Crippen MR) is 71.0 cm³/mol. The van der Waals surface area contributed by atoms with Crippen LogP contribution in [0.15, 0.2) is 0 Å². The summed E-state index contributed by atoms with van der Waals surface area (Å²) in [7, 11) is 0. The normalized spacial score (nSPS) is 11.6. The van der Waals surface area contributed by atoms with Gasteiger partial charge in [0.05, 0.1) is 6.54 Å². The van der Waals surface area contributed by atoms with Crippen molar-refractivity contribution in [2.24, 2.45) is 11.7 Å². The predicted octanol–water partition coefficient (Wildman–Crippen LogP) is 0.424. The SMILES string of the molecule is CC(C)CCC(=O)NCC(=O)N[C@@H](C)CN.Cl. The van der Waals surface area contributed by atoms with Gasteiger partial charge in [0.25, 0.3) is 0 Å². The maximum atomic E-state index is 11.3. The Morgan fingerprint density at radius 1 is 1.18 bits per heavy atom. The summed E-state index contributed by atoms with van der Waals surface area (Å²) in [6.45, 7) is 6.36. The van der Waals surface area contributed by atoms with E-state index in [-0.39, 0.29) is 36.8 Å². The molecule has 5 nitrogen and oxygen atoms in total. The van der Waals surface area contributed by atoms with Crippen molar-refractivity contribution in [3.8, 4) is 0 Å². The van der Waals surface area contributed by atoms with Crippen molar-refractivity contribution in [3.63, 3.8) is 0 Å². The minimum atomic E-state index is -0.198. The van der Waals surface area contributed by atoms with Crippen LogP contribution < -0.4 is 16.4 Å². The van der Waals surface area contributed by atoms with Crippen LogP contribution in [0.3, 0.4) is 0 Å². The maximum Gasteiger partial charge on any atom is 0.239 e. The quantitative estimate of drug-likeness (QED) is 0.624. The molecular formula is C11H24ClN3O2. The molecular weight excluding hydrogens is 242 g/mol. The summed E-state index contributed by atoms with van der Waals surface area (Å²) in [5.74, 6) is 0.219. The monoisotopic (exact) mass is 265 g/mol. The van der Waals surface area contributed by atoms with Crippen molar-refractivity contribution < 1.29 is 9.59 Å². The first-order valence-corrected chi connectivity index (χ1v) is 5.71. The van der Waals surface area contributed by atoms with E-state index in [1.54, 1.807) is 0 Å². The van der Waals surface area contributed by atoms with Crippen molar-refractivity contribution in [2.75, 3.05) is 13.1 Å². The minimum Gasteiger partial charge on any atom is -0.351 e. The molecule has 0 saturated carbocycles. The van der Waals surface area contributed by atoms with E-state index >= 15 is 0 Å². The Hall–Kier alpha value is -0.810. The molecule has 0 radical (unpaired) electrons. The number of carbonyl (C=O) groups excluding carboxylic acids is 2. The van der Waals surface area contributed by atoms with Crippen molar-refractivity contribution >= 4 is 24.2 Å². The van der Waals surface area contributed by atoms with Gasteiger partial charge in [0.1, 0.15) is 0 Å². The van der Waals surface area contributed by atoms with Gasteiger partial charge in [-0.15, -0.1) is 12.4 Å². The summed E-state index contributed by atoms with van der Waals surface area (Å²) in [6, 6.07) is -0.0555. The van der Waals surface area contributed by atoms with E-state index in [0.717, 1.165) is 6.42 Å². The van der Waals surface area contributed by atoms with Gasteiger partial charge in [-0.3, -0.25) is 9.59 Å². The van der Waals surface area contributed by atoms with Crippen LogP contribution in [0.25, 0.3) is 0 Å². The molecule has 0 rings (SSSR count). The molecule has 0 fully saturated rings. The maximum absolute atomic E-state index is 11.3.